The highest BCUT2D eigenvalue weighted by atomic mass is 35.5. The Labute approximate surface area is 143 Å². The lowest BCUT2D eigenvalue weighted by Gasteiger charge is -2.31. The molecule has 1 aromatic rings. The molecular weight excluding hydrogens is 314 g/mol. The number of ether oxygens (including phenoxy) is 1. The molecule has 1 aliphatic carbocycles. The van der Waals surface area contributed by atoms with E-state index in [-0.39, 0.29) is 12.1 Å². The number of aryl methyl sites for hydroxylation is 1. The Bertz CT molecular complexity index is 549. The highest BCUT2D eigenvalue weighted by Crippen LogP contribution is 2.26. The molecule has 0 spiro atoms. The maximum atomic E-state index is 11.8. The van der Waals surface area contributed by atoms with Gasteiger partial charge in [0.15, 0.2) is 5.15 Å². The van der Waals surface area contributed by atoms with Gasteiger partial charge in [-0.05, 0) is 65.0 Å². The average molecular weight is 340 g/mol. The number of carbonyl (C=O) groups is 1. The molecule has 1 amide bonds. The molecule has 0 bridgehead atoms. The van der Waals surface area contributed by atoms with Gasteiger partial charge in [-0.15, -0.1) is 0 Å². The first-order valence-corrected chi connectivity index (χ1v) is 8.49. The molecule has 6 heteroatoms. The lowest BCUT2D eigenvalue weighted by atomic mass is 9.91. The molecule has 23 heavy (non-hydrogen) atoms. The van der Waals surface area contributed by atoms with Gasteiger partial charge in [-0.3, -0.25) is 0 Å². The average Bonchev–Trinajstić information content (AvgIpc) is 2.43. The summed E-state index contributed by atoms with van der Waals surface area (Å²) in [6, 6.07) is 2.54. The van der Waals surface area contributed by atoms with Crippen LogP contribution in [0.4, 0.5) is 10.5 Å². The SMILES string of the molecule is Cc1cnc(Cl)c(NC2CCC(NC(=O)OC(C)(C)C)CC2)c1. The van der Waals surface area contributed by atoms with E-state index in [1.807, 2.05) is 33.8 Å². The van der Waals surface area contributed by atoms with Crippen LogP contribution in [0.3, 0.4) is 0 Å². The van der Waals surface area contributed by atoms with Crippen LogP contribution in [0.1, 0.15) is 52.0 Å². The number of hydrogen-bond donors (Lipinski definition) is 2. The van der Waals surface area contributed by atoms with Gasteiger partial charge in [-0.25, -0.2) is 9.78 Å². The molecule has 1 fully saturated rings. The fourth-order valence-electron chi connectivity index (χ4n) is 2.73. The van der Waals surface area contributed by atoms with Crippen molar-refractivity contribution < 1.29 is 9.53 Å². The highest BCUT2D eigenvalue weighted by Gasteiger charge is 2.25. The van der Waals surface area contributed by atoms with Crippen molar-refractivity contribution in [1.82, 2.24) is 10.3 Å². The summed E-state index contributed by atoms with van der Waals surface area (Å²) in [6.07, 6.45) is 5.23. The van der Waals surface area contributed by atoms with Crippen molar-refractivity contribution >= 4 is 23.4 Å². The van der Waals surface area contributed by atoms with E-state index in [4.69, 9.17) is 16.3 Å². The Morgan fingerprint density at radius 3 is 2.48 bits per heavy atom. The predicted octanol–water partition coefficient (Wildman–Crippen LogP) is 4.29. The molecule has 2 rings (SSSR count). The molecule has 1 aromatic heterocycles. The number of anilines is 1. The molecule has 0 unspecified atom stereocenters. The Hall–Kier alpha value is -1.49. The fraction of sp³-hybridized carbons (Fsp3) is 0.647. The second-order valence-corrected chi connectivity index (χ2v) is 7.55. The van der Waals surface area contributed by atoms with Crippen molar-refractivity contribution in [2.45, 2.75) is 71.1 Å². The normalized spacial score (nSPS) is 21.6. The molecule has 1 heterocycles. The van der Waals surface area contributed by atoms with Gasteiger partial charge in [0, 0.05) is 18.3 Å². The summed E-state index contributed by atoms with van der Waals surface area (Å²) in [6.45, 7) is 7.60. The van der Waals surface area contributed by atoms with Crippen LogP contribution in [0.25, 0.3) is 0 Å². The summed E-state index contributed by atoms with van der Waals surface area (Å²) in [5, 5.41) is 6.92. The minimum atomic E-state index is -0.461. The van der Waals surface area contributed by atoms with E-state index in [0.29, 0.717) is 11.2 Å². The van der Waals surface area contributed by atoms with Crippen LogP contribution < -0.4 is 10.6 Å². The number of alkyl carbamates (subject to hydrolysis) is 1. The van der Waals surface area contributed by atoms with Gasteiger partial charge in [-0.1, -0.05) is 11.6 Å². The molecule has 0 aromatic carbocycles. The lowest BCUT2D eigenvalue weighted by molar-refractivity contribution is 0.0492. The van der Waals surface area contributed by atoms with Crippen LogP contribution in [-0.4, -0.2) is 28.8 Å². The van der Waals surface area contributed by atoms with Crippen LogP contribution in [0.5, 0.6) is 0 Å². The van der Waals surface area contributed by atoms with Crippen molar-refractivity contribution in [3.05, 3.63) is 23.0 Å². The van der Waals surface area contributed by atoms with Crippen LogP contribution in [-0.2, 0) is 4.74 Å². The van der Waals surface area contributed by atoms with E-state index in [1.54, 1.807) is 6.20 Å². The second kappa shape index (κ2) is 7.39. The monoisotopic (exact) mass is 339 g/mol. The molecule has 0 aliphatic heterocycles. The molecule has 0 radical (unpaired) electrons. The summed E-state index contributed by atoms with van der Waals surface area (Å²) >= 11 is 6.13. The number of nitrogens with one attached hydrogen (secondary N) is 2. The minimum absolute atomic E-state index is 0.175. The lowest BCUT2D eigenvalue weighted by Crippen LogP contribution is -2.42. The largest absolute Gasteiger partial charge is 0.444 e. The summed E-state index contributed by atoms with van der Waals surface area (Å²) in [5.41, 5.74) is 1.50. The van der Waals surface area contributed by atoms with Gasteiger partial charge < -0.3 is 15.4 Å². The summed E-state index contributed by atoms with van der Waals surface area (Å²) in [7, 11) is 0. The molecule has 0 atom stereocenters. The van der Waals surface area contributed by atoms with Crippen molar-refractivity contribution in [2.24, 2.45) is 0 Å². The third-order valence-electron chi connectivity index (χ3n) is 3.78. The van der Waals surface area contributed by atoms with E-state index < -0.39 is 5.60 Å². The second-order valence-electron chi connectivity index (χ2n) is 7.19. The van der Waals surface area contributed by atoms with E-state index in [2.05, 4.69) is 15.6 Å². The van der Waals surface area contributed by atoms with Gasteiger partial charge in [0.1, 0.15) is 5.60 Å². The van der Waals surface area contributed by atoms with E-state index >= 15 is 0 Å². The Balaban J connectivity index is 1.80. The Morgan fingerprint density at radius 1 is 1.26 bits per heavy atom. The molecular formula is C17H26ClN3O2. The maximum Gasteiger partial charge on any atom is 0.407 e. The number of carbonyl (C=O) groups excluding carboxylic acids is 1. The summed E-state index contributed by atoms with van der Waals surface area (Å²) in [4.78, 5) is 16.0. The number of nitrogens with zero attached hydrogens (tertiary/aromatic N) is 1. The van der Waals surface area contributed by atoms with Gasteiger partial charge >= 0.3 is 6.09 Å². The van der Waals surface area contributed by atoms with Crippen LogP contribution >= 0.6 is 11.6 Å². The first-order chi connectivity index (χ1) is 10.7. The van der Waals surface area contributed by atoms with Crippen molar-refractivity contribution in [3.63, 3.8) is 0 Å². The van der Waals surface area contributed by atoms with Crippen LogP contribution in [0.15, 0.2) is 12.3 Å². The van der Waals surface area contributed by atoms with Crippen LogP contribution in [0, 0.1) is 6.92 Å². The van der Waals surface area contributed by atoms with Gasteiger partial charge in [-0.2, -0.15) is 0 Å². The topological polar surface area (TPSA) is 63.2 Å². The minimum Gasteiger partial charge on any atom is -0.444 e. The Kier molecular flexibility index (Phi) is 5.74. The highest BCUT2D eigenvalue weighted by molar-refractivity contribution is 6.31. The zero-order valence-electron chi connectivity index (χ0n) is 14.3. The van der Waals surface area contributed by atoms with E-state index in [1.165, 1.54) is 0 Å². The van der Waals surface area contributed by atoms with E-state index in [0.717, 1.165) is 36.9 Å². The van der Waals surface area contributed by atoms with Gasteiger partial charge in [0.25, 0.3) is 0 Å². The third kappa shape index (κ3) is 5.90. The number of hydrogen-bond acceptors (Lipinski definition) is 4. The third-order valence-corrected chi connectivity index (χ3v) is 4.08. The maximum absolute atomic E-state index is 11.8. The Morgan fingerprint density at radius 2 is 1.87 bits per heavy atom. The number of rotatable bonds is 3. The van der Waals surface area contributed by atoms with Crippen molar-refractivity contribution in [1.29, 1.82) is 0 Å². The van der Waals surface area contributed by atoms with Gasteiger partial charge in [0.2, 0.25) is 0 Å². The molecule has 1 saturated carbocycles. The number of aromatic nitrogens is 1. The molecule has 0 saturated heterocycles. The molecule has 5 nitrogen and oxygen atoms in total. The first-order valence-electron chi connectivity index (χ1n) is 8.11. The fourth-order valence-corrected chi connectivity index (χ4v) is 2.89. The zero-order chi connectivity index (χ0) is 17.0. The molecule has 2 N–H and O–H groups in total. The summed E-state index contributed by atoms with van der Waals surface area (Å²) in [5.74, 6) is 0. The number of amides is 1. The van der Waals surface area contributed by atoms with E-state index in [9.17, 15) is 4.79 Å². The number of pyridine rings is 1. The zero-order valence-corrected chi connectivity index (χ0v) is 15.0. The quantitative estimate of drug-likeness (QED) is 0.806. The van der Waals surface area contributed by atoms with Crippen molar-refractivity contribution in [3.8, 4) is 0 Å². The van der Waals surface area contributed by atoms with Crippen LogP contribution in [0.2, 0.25) is 5.15 Å². The summed E-state index contributed by atoms with van der Waals surface area (Å²) < 4.78 is 5.30. The standard InChI is InChI=1S/C17H26ClN3O2/c1-11-9-14(15(18)19-10-11)20-12-5-7-13(8-6-12)21-16(22)23-17(2,3)4/h9-10,12-13,20H,5-8H2,1-4H3,(H,21,22). The molecule has 1 aliphatic rings. The molecule has 128 valence electrons. The smallest absolute Gasteiger partial charge is 0.407 e. The first kappa shape index (κ1) is 17.9. The number of halogens is 1. The predicted molar refractivity (Wildman–Crippen MR) is 93.0 cm³/mol. The van der Waals surface area contributed by atoms with Crippen molar-refractivity contribution in [2.75, 3.05) is 5.32 Å². The van der Waals surface area contributed by atoms with Gasteiger partial charge in [0.05, 0.1) is 5.69 Å².